The first-order chi connectivity index (χ1) is 7.75. The summed E-state index contributed by atoms with van der Waals surface area (Å²) in [6.07, 6.45) is 4.33. The molecule has 2 aliphatic carbocycles. The maximum Gasteiger partial charge on any atom is 0.183 e. The Morgan fingerprint density at radius 1 is 0.688 bits per heavy atom. The molecular formula is C12H12N2O2. The van der Waals surface area contributed by atoms with E-state index in [1.54, 1.807) is 0 Å². The fourth-order valence-electron chi connectivity index (χ4n) is 2.37. The number of ketones is 2. The molecule has 0 amide bonds. The van der Waals surface area contributed by atoms with Gasteiger partial charge in [0.2, 0.25) is 0 Å². The van der Waals surface area contributed by atoms with E-state index >= 15 is 0 Å². The van der Waals surface area contributed by atoms with Crippen LogP contribution in [0.2, 0.25) is 0 Å². The molecule has 4 heteroatoms. The van der Waals surface area contributed by atoms with Crippen molar-refractivity contribution in [1.29, 1.82) is 0 Å². The second kappa shape index (κ2) is 3.47. The molecule has 0 unspecified atom stereocenters. The Hall–Kier alpha value is -1.58. The Morgan fingerprint density at radius 2 is 1.12 bits per heavy atom. The summed E-state index contributed by atoms with van der Waals surface area (Å²) < 4.78 is 0. The highest BCUT2D eigenvalue weighted by atomic mass is 16.1. The van der Waals surface area contributed by atoms with E-state index in [9.17, 15) is 9.59 Å². The molecule has 0 aromatic carbocycles. The molecule has 0 atom stereocenters. The van der Waals surface area contributed by atoms with Crippen molar-refractivity contribution in [2.45, 2.75) is 38.5 Å². The van der Waals surface area contributed by atoms with Crippen LogP contribution in [-0.2, 0) is 12.8 Å². The van der Waals surface area contributed by atoms with Gasteiger partial charge in [0.25, 0.3) is 0 Å². The minimum atomic E-state index is 0.0783. The van der Waals surface area contributed by atoms with Crippen molar-refractivity contribution in [3.05, 3.63) is 22.8 Å². The molecule has 0 N–H and O–H groups in total. The highest BCUT2D eigenvalue weighted by Gasteiger charge is 2.26. The molecule has 1 aromatic rings. The van der Waals surface area contributed by atoms with E-state index in [1.807, 2.05) is 0 Å². The topological polar surface area (TPSA) is 59.9 Å². The number of nitrogens with zero attached hydrogens (tertiary/aromatic N) is 2. The molecule has 0 saturated heterocycles. The van der Waals surface area contributed by atoms with Gasteiger partial charge in [-0.05, 0) is 25.7 Å². The minimum Gasteiger partial charge on any atom is -0.292 e. The molecule has 3 rings (SSSR count). The number of rotatable bonds is 0. The SMILES string of the molecule is O=C1CCCc2nc3c(nc21)CCCC3=O. The molecule has 0 spiro atoms. The Bertz CT molecular complexity index is 448. The summed E-state index contributed by atoms with van der Waals surface area (Å²) in [4.78, 5) is 32.0. The van der Waals surface area contributed by atoms with Gasteiger partial charge < -0.3 is 0 Å². The highest BCUT2D eigenvalue weighted by Crippen LogP contribution is 2.23. The summed E-state index contributed by atoms with van der Waals surface area (Å²) >= 11 is 0. The van der Waals surface area contributed by atoms with Gasteiger partial charge in [-0.3, -0.25) is 9.59 Å². The third kappa shape index (κ3) is 1.37. The van der Waals surface area contributed by atoms with Crippen LogP contribution in [0.3, 0.4) is 0 Å². The molecule has 0 saturated carbocycles. The first-order valence-corrected chi connectivity index (χ1v) is 5.72. The van der Waals surface area contributed by atoms with Crippen LogP contribution in [-0.4, -0.2) is 21.5 Å². The number of aryl methyl sites for hydroxylation is 2. The van der Waals surface area contributed by atoms with Crippen LogP contribution in [0.1, 0.15) is 58.0 Å². The van der Waals surface area contributed by atoms with E-state index in [0.29, 0.717) is 24.2 Å². The standard InChI is InChI=1S/C12H12N2O2/c15-9-5-1-3-7-11(9)14-8-4-2-6-10(16)12(8)13-7/h1-6H2. The molecule has 1 heterocycles. The summed E-state index contributed by atoms with van der Waals surface area (Å²) in [5, 5.41) is 0. The maximum atomic E-state index is 11.7. The fraction of sp³-hybridized carbons (Fsp3) is 0.500. The predicted octanol–water partition coefficient (Wildman–Crippen LogP) is 1.51. The normalized spacial score (nSPS) is 19.2. The van der Waals surface area contributed by atoms with E-state index in [4.69, 9.17) is 0 Å². The fourth-order valence-corrected chi connectivity index (χ4v) is 2.37. The third-order valence-corrected chi connectivity index (χ3v) is 3.20. The van der Waals surface area contributed by atoms with Crippen molar-refractivity contribution in [2.75, 3.05) is 0 Å². The van der Waals surface area contributed by atoms with E-state index in [0.717, 1.165) is 37.1 Å². The molecule has 4 nitrogen and oxygen atoms in total. The Morgan fingerprint density at radius 3 is 1.56 bits per heavy atom. The number of fused-ring (bicyclic) bond motifs is 2. The maximum absolute atomic E-state index is 11.7. The summed E-state index contributed by atoms with van der Waals surface area (Å²) in [5.74, 6) is 0.157. The van der Waals surface area contributed by atoms with Crippen molar-refractivity contribution < 1.29 is 9.59 Å². The second-order valence-corrected chi connectivity index (χ2v) is 4.37. The van der Waals surface area contributed by atoms with Crippen LogP contribution in [0.5, 0.6) is 0 Å². The van der Waals surface area contributed by atoms with Gasteiger partial charge in [-0.1, -0.05) is 0 Å². The lowest BCUT2D eigenvalue weighted by atomic mass is 9.95. The number of hydrogen-bond donors (Lipinski definition) is 0. The lowest BCUT2D eigenvalue weighted by Crippen LogP contribution is -2.22. The quantitative estimate of drug-likeness (QED) is 0.659. The van der Waals surface area contributed by atoms with Crippen LogP contribution in [0.25, 0.3) is 0 Å². The first-order valence-electron chi connectivity index (χ1n) is 5.72. The van der Waals surface area contributed by atoms with Gasteiger partial charge in [0.1, 0.15) is 11.4 Å². The largest absolute Gasteiger partial charge is 0.292 e. The van der Waals surface area contributed by atoms with Gasteiger partial charge in [-0.15, -0.1) is 0 Å². The van der Waals surface area contributed by atoms with Gasteiger partial charge in [0.05, 0.1) is 11.4 Å². The molecule has 0 aliphatic heterocycles. The van der Waals surface area contributed by atoms with E-state index in [-0.39, 0.29) is 11.6 Å². The smallest absolute Gasteiger partial charge is 0.183 e. The van der Waals surface area contributed by atoms with Gasteiger partial charge in [-0.25, -0.2) is 9.97 Å². The lowest BCUT2D eigenvalue weighted by molar-refractivity contribution is 0.0946. The minimum absolute atomic E-state index is 0.0783. The number of Topliss-reactive ketones (excluding diaryl/α,β-unsaturated/α-hetero) is 2. The zero-order valence-electron chi connectivity index (χ0n) is 8.95. The second-order valence-electron chi connectivity index (χ2n) is 4.37. The molecule has 2 aliphatic rings. The van der Waals surface area contributed by atoms with Gasteiger partial charge in [0.15, 0.2) is 11.6 Å². The van der Waals surface area contributed by atoms with Crippen molar-refractivity contribution in [2.24, 2.45) is 0 Å². The molecule has 0 fully saturated rings. The van der Waals surface area contributed by atoms with Crippen molar-refractivity contribution >= 4 is 11.6 Å². The van der Waals surface area contributed by atoms with Crippen LogP contribution < -0.4 is 0 Å². The molecule has 82 valence electrons. The third-order valence-electron chi connectivity index (χ3n) is 3.20. The monoisotopic (exact) mass is 216 g/mol. The zero-order valence-corrected chi connectivity index (χ0v) is 8.95. The van der Waals surface area contributed by atoms with Crippen LogP contribution in [0.4, 0.5) is 0 Å². The van der Waals surface area contributed by atoms with Crippen LogP contribution in [0, 0.1) is 0 Å². The first kappa shape index (κ1) is 9.63. The van der Waals surface area contributed by atoms with Gasteiger partial charge in [0, 0.05) is 12.8 Å². The Kier molecular flexibility index (Phi) is 2.09. The summed E-state index contributed by atoms with van der Waals surface area (Å²) in [7, 11) is 0. The van der Waals surface area contributed by atoms with Crippen molar-refractivity contribution in [1.82, 2.24) is 9.97 Å². The zero-order chi connectivity index (χ0) is 11.1. The molecule has 0 radical (unpaired) electrons. The van der Waals surface area contributed by atoms with E-state index in [1.165, 1.54) is 0 Å². The summed E-state index contributed by atoms with van der Waals surface area (Å²) in [6, 6.07) is 0. The predicted molar refractivity (Wildman–Crippen MR) is 56.6 cm³/mol. The van der Waals surface area contributed by atoms with Crippen LogP contribution in [0.15, 0.2) is 0 Å². The lowest BCUT2D eigenvalue weighted by Gasteiger charge is -2.18. The van der Waals surface area contributed by atoms with Crippen LogP contribution >= 0.6 is 0 Å². The molecule has 1 aromatic heterocycles. The average Bonchev–Trinajstić information content (AvgIpc) is 2.29. The van der Waals surface area contributed by atoms with E-state index in [2.05, 4.69) is 9.97 Å². The van der Waals surface area contributed by atoms with Gasteiger partial charge >= 0.3 is 0 Å². The number of hydrogen-bond acceptors (Lipinski definition) is 4. The Balaban J connectivity index is 2.17. The molecular weight excluding hydrogens is 204 g/mol. The van der Waals surface area contributed by atoms with Crippen molar-refractivity contribution in [3.8, 4) is 0 Å². The van der Waals surface area contributed by atoms with Crippen molar-refractivity contribution in [3.63, 3.8) is 0 Å². The van der Waals surface area contributed by atoms with E-state index < -0.39 is 0 Å². The molecule has 0 bridgehead atoms. The highest BCUT2D eigenvalue weighted by molar-refractivity contribution is 5.99. The summed E-state index contributed by atoms with van der Waals surface area (Å²) in [6.45, 7) is 0. The summed E-state index contributed by atoms with van der Waals surface area (Å²) in [5.41, 5.74) is 2.48. The average molecular weight is 216 g/mol. The number of aromatic nitrogens is 2. The molecule has 16 heavy (non-hydrogen) atoms. The number of carbonyl (C=O) groups excluding carboxylic acids is 2. The Labute approximate surface area is 93.1 Å². The number of carbonyl (C=O) groups is 2. The van der Waals surface area contributed by atoms with Gasteiger partial charge in [-0.2, -0.15) is 0 Å².